The van der Waals surface area contributed by atoms with Crippen molar-refractivity contribution >= 4 is 57.7 Å². The van der Waals surface area contributed by atoms with Crippen LogP contribution in [0.3, 0.4) is 0 Å². The number of halogens is 2. The Morgan fingerprint density at radius 2 is 1.72 bits per heavy atom. The summed E-state index contributed by atoms with van der Waals surface area (Å²) in [4.78, 5) is 23.9. The molecule has 3 rings (SSSR count). The third-order valence-corrected chi connectivity index (χ3v) is 4.85. The minimum atomic E-state index is -0.426. The van der Waals surface area contributed by atoms with E-state index in [0.717, 1.165) is 10.8 Å². The van der Waals surface area contributed by atoms with Crippen LogP contribution in [0.25, 0.3) is 10.8 Å². The fourth-order valence-corrected chi connectivity index (χ4v) is 2.97. The van der Waals surface area contributed by atoms with E-state index in [2.05, 4.69) is 15.8 Å². The average molecular weight is 430 g/mol. The van der Waals surface area contributed by atoms with Gasteiger partial charge in [-0.1, -0.05) is 53.5 Å². The Bertz CT molecular complexity index is 1100. The van der Waals surface area contributed by atoms with Crippen molar-refractivity contribution in [2.75, 3.05) is 5.32 Å². The van der Waals surface area contributed by atoms with Crippen LogP contribution < -0.4 is 10.7 Å². The van der Waals surface area contributed by atoms with Gasteiger partial charge >= 0.3 is 0 Å². The first-order valence-electron chi connectivity index (χ1n) is 8.71. The maximum Gasteiger partial charge on any atom is 0.240 e. The Morgan fingerprint density at radius 3 is 2.52 bits per heavy atom. The van der Waals surface area contributed by atoms with Gasteiger partial charge in [0.05, 0.1) is 16.3 Å². The zero-order valence-corrected chi connectivity index (χ0v) is 16.7. The highest BCUT2D eigenvalue weighted by atomic mass is 35.5. The Morgan fingerprint density at radius 1 is 0.966 bits per heavy atom. The first-order valence-corrected chi connectivity index (χ1v) is 9.47. The van der Waals surface area contributed by atoms with E-state index in [-0.39, 0.29) is 24.5 Å². The number of hydrogen-bond donors (Lipinski definition) is 3. The molecule has 0 aliphatic rings. The lowest BCUT2D eigenvalue weighted by molar-refractivity contribution is -0.124. The number of hydrogen-bond acceptors (Lipinski definition) is 4. The van der Waals surface area contributed by atoms with Crippen molar-refractivity contribution in [2.24, 2.45) is 5.10 Å². The molecule has 0 spiro atoms. The predicted molar refractivity (Wildman–Crippen MR) is 116 cm³/mol. The number of nitrogens with zero attached hydrogens (tertiary/aromatic N) is 1. The molecule has 0 unspecified atom stereocenters. The smallest absolute Gasteiger partial charge is 0.240 e. The van der Waals surface area contributed by atoms with Gasteiger partial charge < -0.3 is 10.4 Å². The van der Waals surface area contributed by atoms with Crippen LogP contribution in [0.2, 0.25) is 10.0 Å². The van der Waals surface area contributed by atoms with Crippen LogP contribution in [0.4, 0.5) is 5.69 Å². The molecule has 0 saturated heterocycles. The van der Waals surface area contributed by atoms with Gasteiger partial charge in [-0.3, -0.25) is 9.59 Å². The second kappa shape index (κ2) is 9.41. The van der Waals surface area contributed by atoms with Crippen LogP contribution in [0, 0.1) is 0 Å². The lowest BCUT2D eigenvalue weighted by Crippen LogP contribution is -2.20. The van der Waals surface area contributed by atoms with Gasteiger partial charge in [0.15, 0.2) is 0 Å². The lowest BCUT2D eigenvalue weighted by atomic mass is 10.0. The normalized spacial score (nSPS) is 11.0. The number of nitrogens with one attached hydrogen (secondary N) is 2. The maximum atomic E-state index is 12.0. The molecule has 3 N–H and O–H groups in total. The molecular formula is C21H17Cl2N3O3. The van der Waals surface area contributed by atoms with Crippen LogP contribution in [0.1, 0.15) is 18.4 Å². The lowest BCUT2D eigenvalue weighted by Gasteiger charge is -2.06. The number of benzene rings is 3. The SMILES string of the molecule is O=C(CCC(=O)Nc1ccc(Cl)c(Cl)c1)NN=Cc1c(O)ccc2ccccc12. The summed E-state index contributed by atoms with van der Waals surface area (Å²) in [6, 6.07) is 15.6. The fraction of sp³-hybridized carbons (Fsp3) is 0.0952. The molecule has 148 valence electrons. The summed E-state index contributed by atoms with van der Waals surface area (Å²) in [5, 5.41) is 19.0. The third-order valence-electron chi connectivity index (χ3n) is 4.11. The molecule has 0 atom stereocenters. The number of anilines is 1. The zero-order valence-electron chi connectivity index (χ0n) is 15.2. The van der Waals surface area contributed by atoms with Gasteiger partial charge in [0.2, 0.25) is 11.8 Å². The molecule has 0 aromatic heterocycles. The van der Waals surface area contributed by atoms with Gasteiger partial charge in [0, 0.05) is 24.1 Å². The van der Waals surface area contributed by atoms with E-state index in [9.17, 15) is 14.7 Å². The van der Waals surface area contributed by atoms with Crippen molar-refractivity contribution in [1.29, 1.82) is 0 Å². The highest BCUT2D eigenvalue weighted by Gasteiger charge is 2.09. The molecule has 29 heavy (non-hydrogen) atoms. The average Bonchev–Trinajstić information content (AvgIpc) is 2.71. The number of amides is 2. The Labute approximate surface area is 177 Å². The summed E-state index contributed by atoms with van der Waals surface area (Å²) in [6.45, 7) is 0. The van der Waals surface area contributed by atoms with E-state index in [4.69, 9.17) is 23.2 Å². The van der Waals surface area contributed by atoms with Gasteiger partial charge in [-0.05, 0) is 35.0 Å². The van der Waals surface area contributed by atoms with E-state index in [1.807, 2.05) is 24.3 Å². The highest BCUT2D eigenvalue weighted by Crippen LogP contribution is 2.26. The topological polar surface area (TPSA) is 90.8 Å². The molecule has 0 radical (unpaired) electrons. The Kier molecular flexibility index (Phi) is 6.69. The minimum absolute atomic E-state index is 0.0267. The van der Waals surface area contributed by atoms with E-state index in [0.29, 0.717) is 21.3 Å². The Hall–Kier alpha value is -3.09. The summed E-state index contributed by atoms with van der Waals surface area (Å²) in [5.74, 6) is -0.706. The van der Waals surface area contributed by atoms with E-state index in [1.54, 1.807) is 24.3 Å². The number of fused-ring (bicyclic) bond motifs is 1. The van der Waals surface area contributed by atoms with Crippen molar-refractivity contribution in [1.82, 2.24) is 5.43 Å². The van der Waals surface area contributed by atoms with Crippen LogP contribution in [-0.4, -0.2) is 23.1 Å². The minimum Gasteiger partial charge on any atom is -0.507 e. The number of carbonyl (C=O) groups is 2. The highest BCUT2D eigenvalue weighted by molar-refractivity contribution is 6.42. The maximum absolute atomic E-state index is 12.0. The third kappa shape index (κ3) is 5.47. The van der Waals surface area contributed by atoms with Crippen molar-refractivity contribution in [3.63, 3.8) is 0 Å². The number of phenols is 1. The molecule has 0 heterocycles. The number of aromatic hydroxyl groups is 1. The molecule has 0 aliphatic carbocycles. The van der Waals surface area contributed by atoms with Gasteiger partial charge in [-0.15, -0.1) is 0 Å². The molecule has 3 aromatic rings. The zero-order chi connectivity index (χ0) is 20.8. The van der Waals surface area contributed by atoms with Crippen LogP contribution >= 0.6 is 23.2 Å². The summed E-state index contributed by atoms with van der Waals surface area (Å²) < 4.78 is 0. The second-order valence-corrected chi connectivity index (χ2v) is 7.00. The predicted octanol–water partition coefficient (Wildman–Crippen LogP) is 4.72. The Balaban J connectivity index is 1.53. The van der Waals surface area contributed by atoms with Gasteiger partial charge in [0.25, 0.3) is 0 Å². The van der Waals surface area contributed by atoms with Crippen molar-refractivity contribution < 1.29 is 14.7 Å². The molecular weight excluding hydrogens is 413 g/mol. The number of phenolic OH excluding ortho intramolecular Hbond substituents is 1. The number of hydrazone groups is 1. The summed E-state index contributed by atoms with van der Waals surface area (Å²) in [6.07, 6.45) is 1.30. The number of carbonyl (C=O) groups excluding carboxylic acids is 2. The number of rotatable bonds is 6. The summed E-state index contributed by atoms with van der Waals surface area (Å²) in [5.41, 5.74) is 3.36. The molecule has 0 bridgehead atoms. The van der Waals surface area contributed by atoms with Crippen LogP contribution in [0.5, 0.6) is 5.75 Å². The molecule has 6 nitrogen and oxygen atoms in total. The molecule has 0 fully saturated rings. The van der Waals surface area contributed by atoms with E-state index < -0.39 is 5.91 Å². The van der Waals surface area contributed by atoms with Crippen LogP contribution in [-0.2, 0) is 9.59 Å². The van der Waals surface area contributed by atoms with E-state index in [1.165, 1.54) is 12.3 Å². The second-order valence-electron chi connectivity index (χ2n) is 6.19. The first-order chi connectivity index (χ1) is 13.9. The van der Waals surface area contributed by atoms with Crippen molar-refractivity contribution in [3.8, 4) is 5.75 Å². The molecule has 0 aliphatic heterocycles. The van der Waals surface area contributed by atoms with Crippen LogP contribution in [0.15, 0.2) is 59.7 Å². The quantitative estimate of drug-likeness (QED) is 0.390. The van der Waals surface area contributed by atoms with Gasteiger partial charge in [-0.2, -0.15) is 5.10 Å². The fourth-order valence-electron chi connectivity index (χ4n) is 2.67. The monoisotopic (exact) mass is 429 g/mol. The first kappa shape index (κ1) is 20.6. The van der Waals surface area contributed by atoms with Gasteiger partial charge in [-0.25, -0.2) is 5.43 Å². The molecule has 0 saturated carbocycles. The molecule has 2 amide bonds. The van der Waals surface area contributed by atoms with Gasteiger partial charge in [0.1, 0.15) is 5.75 Å². The molecule has 3 aromatic carbocycles. The largest absolute Gasteiger partial charge is 0.507 e. The standard InChI is InChI=1S/C21H17Cl2N3O3/c22-17-7-6-14(11-18(17)23)25-20(28)9-10-21(29)26-24-12-16-15-4-2-1-3-13(15)5-8-19(16)27/h1-8,11-12,27H,9-10H2,(H,25,28)(H,26,29). The van der Waals surface area contributed by atoms with Crippen molar-refractivity contribution in [2.45, 2.75) is 12.8 Å². The summed E-state index contributed by atoms with van der Waals surface area (Å²) in [7, 11) is 0. The summed E-state index contributed by atoms with van der Waals surface area (Å²) >= 11 is 11.7. The molecule has 8 heteroatoms. The van der Waals surface area contributed by atoms with E-state index >= 15 is 0 Å². The van der Waals surface area contributed by atoms with Crippen molar-refractivity contribution in [3.05, 3.63) is 70.2 Å².